The number of nitriles is 1. The van der Waals surface area contributed by atoms with Crippen molar-refractivity contribution in [3.8, 4) is 16.5 Å². The first-order valence-electron chi connectivity index (χ1n) is 13.5. The van der Waals surface area contributed by atoms with E-state index in [4.69, 9.17) is 17.3 Å². The van der Waals surface area contributed by atoms with Crippen molar-refractivity contribution >= 4 is 33.7 Å². The van der Waals surface area contributed by atoms with Crippen molar-refractivity contribution < 1.29 is 4.79 Å². The minimum Gasteiger partial charge on any atom is -0.390 e. The number of nitrogens with zero attached hydrogens (tertiary/aromatic N) is 2. The molecule has 2 unspecified atom stereocenters. The molecule has 4 nitrogen and oxygen atoms in total. The van der Waals surface area contributed by atoms with Crippen molar-refractivity contribution in [1.29, 1.82) is 5.26 Å². The molecule has 190 valence electrons. The van der Waals surface area contributed by atoms with Gasteiger partial charge in [0, 0.05) is 34.1 Å². The normalized spacial score (nSPS) is 23.1. The molecule has 0 saturated heterocycles. The lowest BCUT2D eigenvalue weighted by molar-refractivity contribution is 0.103. The SMILES string of the molecule is N#Cc1ccc(-c2sc(N)c(C(=O)c3ccc(Cl)cc3)c2CN(C2CCCCC2)C2C3CCCC32)cc1. The molecule has 6 heteroatoms. The second-order valence-electron chi connectivity index (χ2n) is 10.9. The molecule has 0 radical (unpaired) electrons. The second kappa shape index (κ2) is 10.3. The minimum atomic E-state index is -0.0418. The topological polar surface area (TPSA) is 70.1 Å². The Bertz CT molecular complexity index is 1320. The molecule has 2 N–H and O–H groups in total. The van der Waals surface area contributed by atoms with Crippen LogP contribution >= 0.6 is 22.9 Å². The van der Waals surface area contributed by atoms with Crippen LogP contribution in [-0.2, 0) is 6.54 Å². The first kappa shape index (κ1) is 24.7. The molecule has 3 aromatic rings. The molecule has 3 fully saturated rings. The number of nitrogen functional groups attached to an aromatic ring is 1. The Morgan fingerprint density at radius 3 is 2.30 bits per heavy atom. The van der Waals surface area contributed by atoms with Gasteiger partial charge in [0.05, 0.1) is 22.2 Å². The summed E-state index contributed by atoms with van der Waals surface area (Å²) in [7, 11) is 0. The maximum atomic E-state index is 13.9. The standard InChI is InChI=1S/C31H32ClN3OS/c32-22-15-13-20(14-16-22)29(36)27-26(30(37-31(27)34)21-11-9-19(17-33)10-12-21)18-35(23-5-2-1-3-6-23)28-24-7-4-8-25(24)28/h9-16,23-25,28H,1-8,18,34H2. The van der Waals surface area contributed by atoms with Crippen LogP contribution in [0.4, 0.5) is 5.00 Å². The Hall–Kier alpha value is -2.65. The van der Waals surface area contributed by atoms with E-state index in [0.29, 0.717) is 38.8 Å². The molecule has 1 heterocycles. The molecule has 2 aromatic carbocycles. The predicted octanol–water partition coefficient (Wildman–Crippen LogP) is 7.69. The van der Waals surface area contributed by atoms with Crippen LogP contribution in [0, 0.1) is 23.2 Å². The maximum Gasteiger partial charge on any atom is 0.196 e. The largest absolute Gasteiger partial charge is 0.390 e. The highest BCUT2D eigenvalue weighted by atomic mass is 35.5. The summed E-state index contributed by atoms with van der Waals surface area (Å²) in [6.07, 6.45) is 10.4. The van der Waals surface area contributed by atoms with Crippen LogP contribution in [-0.4, -0.2) is 22.8 Å². The van der Waals surface area contributed by atoms with Gasteiger partial charge in [0.25, 0.3) is 0 Å². The molecule has 0 spiro atoms. The van der Waals surface area contributed by atoms with E-state index in [1.54, 1.807) is 24.3 Å². The number of benzene rings is 2. The highest BCUT2D eigenvalue weighted by molar-refractivity contribution is 7.20. The number of anilines is 1. The van der Waals surface area contributed by atoms with Crippen molar-refractivity contribution in [2.24, 2.45) is 11.8 Å². The van der Waals surface area contributed by atoms with E-state index < -0.39 is 0 Å². The minimum absolute atomic E-state index is 0.0418. The number of thiophene rings is 1. The third-order valence-electron chi connectivity index (χ3n) is 8.77. The third-order valence-corrected chi connectivity index (χ3v) is 10.1. The summed E-state index contributed by atoms with van der Waals surface area (Å²) in [5.74, 6) is 1.58. The lowest BCUT2D eigenvalue weighted by Crippen LogP contribution is -2.40. The molecule has 2 atom stereocenters. The summed E-state index contributed by atoms with van der Waals surface area (Å²) >= 11 is 7.61. The first-order chi connectivity index (χ1) is 18.0. The Kier molecular flexibility index (Phi) is 6.84. The number of rotatable bonds is 7. The van der Waals surface area contributed by atoms with Crippen LogP contribution in [0.2, 0.25) is 5.02 Å². The number of hydrogen-bond acceptors (Lipinski definition) is 5. The van der Waals surface area contributed by atoms with E-state index >= 15 is 0 Å². The summed E-state index contributed by atoms with van der Waals surface area (Å²) in [6.45, 7) is 0.750. The van der Waals surface area contributed by atoms with Crippen molar-refractivity contribution in [2.45, 2.75) is 70.0 Å². The monoisotopic (exact) mass is 529 g/mol. The molecule has 0 bridgehead atoms. The molecule has 3 aliphatic rings. The van der Waals surface area contributed by atoms with Crippen molar-refractivity contribution in [1.82, 2.24) is 4.90 Å². The van der Waals surface area contributed by atoms with Crippen LogP contribution in [0.25, 0.3) is 10.4 Å². The molecule has 0 amide bonds. The number of carbonyl (C=O) groups excluding carboxylic acids is 1. The zero-order valence-corrected chi connectivity index (χ0v) is 22.5. The van der Waals surface area contributed by atoms with Crippen molar-refractivity contribution in [2.75, 3.05) is 5.73 Å². The average Bonchev–Trinajstić information content (AvgIpc) is 3.22. The number of halogens is 1. The lowest BCUT2D eigenvalue weighted by Gasteiger charge is -2.36. The molecular formula is C31H32ClN3OS. The fraction of sp³-hybridized carbons (Fsp3) is 0.419. The van der Waals surface area contributed by atoms with Crippen LogP contribution in [0.5, 0.6) is 0 Å². The summed E-state index contributed by atoms with van der Waals surface area (Å²) in [4.78, 5) is 17.7. The van der Waals surface area contributed by atoms with Gasteiger partial charge in [-0.2, -0.15) is 5.26 Å². The molecule has 0 aliphatic heterocycles. The molecule has 37 heavy (non-hydrogen) atoms. The molecule has 3 aliphatic carbocycles. The number of fused-ring (bicyclic) bond motifs is 1. The van der Waals surface area contributed by atoms with E-state index in [0.717, 1.165) is 34.4 Å². The van der Waals surface area contributed by atoms with Gasteiger partial charge >= 0.3 is 0 Å². The highest BCUT2D eigenvalue weighted by Gasteiger charge is 2.56. The third kappa shape index (κ3) is 4.72. The van der Waals surface area contributed by atoms with Gasteiger partial charge in [0.15, 0.2) is 5.78 Å². The predicted molar refractivity (Wildman–Crippen MR) is 151 cm³/mol. The van der Waals surface area contributed by atoms with Gasteiger partial charge < -0.3 is 5.73 Å². The fourth-order valence-electron chi connectivity index (χ4n) is 6.91. The van der Waals surface area contributed by atoms with Crippen LogP contribution < -0.4 is 5.73 Å². The number of ketones is 1. The van der Waals surface area contributed by atoms with Gasteiger partial charge in [0.2, 0.25) is 0 Å². The number of nitrogens with two attached hydrogens (primary N) is 1. The molecule has 3 saturated carbocycles. The van der Waals surface area contributed by atoms with Crippen LogP contribution in [0.15, 0.2) is 48.5 Å². The van der Waals surface area contributed by atoms with E-state index in [1.165, 1.54) is 62.7 Å². The molecule has 1 aromatic heterocycles. The van der Waals surface area contributed by atoms with Crippen LogP contribution in [0.3, 0.4) is 0 Å². The van der Waals surface area contributed by atoms with Crippen molar-refractivity contribution in [3.05, 3.63) is 75.8 Å². The van der Waals surface area contributed by atoms with Crippen molar-refractivity contribution in [3.63, 3.8) is 0 Å². The van der Waals surface area contributed by atoms with Gasteiger partial charge in [-0.15, -0.1) is 11.3 Å². The Morgan fingerprint density at radius 2 is 1.65 bits per heavy atom. The summed E-state index contributed by atoms with van der Waals surface area (Å²) in [6, 6.07) is 18.2. The smallest absolute Gasteiger partial charge is 0.196 e. The van der Waals surface area contributed by atoms with Gasteiger partial charge in [-0.05, 0) is 85.0 Å². The zero-order valence-electron chi connectivity index (χ0n) is 21.0. The Morgan fingerprint density at radius 1 is 0.973 bits per heavy atom. The molecular weight excluding hydrogens is 498 g/mol. The first-order valence-corrected chi connectivity index (χ1v) is 14.7. The fourth-order valence-corrected chi connectivity index (χ4v) is 8.12. The van der Waals surface area contributed by atoms with Gasteiger partial charge in [-0.1, -0.05) is 49.4 Å². The summed E-state index contributed by atoms with van der Waals surface area (Å²) in [5.41, 5.74) is 10.6. The van der Waals surface area contributed by atoms with Gasteiger partial charge in [-0.25, -0.2) is 0 Å². The Labute approximate surface area is 228 Å². The Balaban J connectivity index is 1.44. The summed E-state index contributed by atoms with van der Waals surface area (Å²) in [5, 5.41) is 10.5. The van der Waals surface area contributed by atoms with Gasteiger partial charge in [0.1, 0.15) is 0 Å². The lowest BCUT2D eigenvalue weighted by atomic mass is 9.92. The van der Waals surface area contributed by atoms with Gasteiger partial charge in [-0.3, -0.25) is 9.69 Å². The van der Waals surface area contributed by atoms with E-state index in [2.05, 4.69) is 11.0 Å². The zero-order chi connectivity index (χ0) is 25.5. The van der Waals surface area contributed by atoms with Crippen LogP contribution in [0.1, 0.15) is 78.4 Å². The number of hydrogen-bond donors (Lipinski definition) is 1. The van der Waals surface area contributed by atoms with E-state index in [-0.39, 0.29) is 5.78 Å². The maximum absolute atomic E-state index is 13.9. The molecule has 6 rings (SSSR count). The summed E-state index contributed by atoms with van der Waals surface area (Å²) < 4.78 is 0. The second-order valence-corrected chi connectivity index (χ2v) is 12.4. The van der Waals surface area contributed by atoms with E-state index in [9.17, 15) is 10.1 Å². The number of carbonyl (C=O) groups is 1. The van der Waals surface area contributed by atoms with E-state index in [1.807, 2.05) is 24.3 Å². The highest BCUT2D eigenvalue weighted by Crippen LogP contribution is 2.56. The quantitative estimate of drug-likeness (QED) is 0.318. The average molecular weight is 530 g/mol.